The Balaban J connectivity index is 1.91. The molecular weight excluding hydrogens is 242 g/mol. The molecule has 1 heterocycles. The van der Waals surface area contributed by atoms with Crippen molar-refractivity contribution in [3.8, 4) is 0 Å². The van der Waals surface area contributed by atoms with E-state index in [1.54, 1.807) is 0 Å². The molecule has 0 amide bonds. The maximum absolute atomic E-state index is 10.8. The zero-order valence-electron chi connectivity index (χ0n) is 11.1. The van der Waals surface area contributed by atoms with Gasteiger partial charge in [0.2, 0.25) is 0 Å². The normalized spacial score (nSPS) is 24.9. The van der Waals surface area contributed by atoms with Crippen LogP contribution in [-0.4, -0.2) is 39.8 Å². The molecule has 0 bridgehead atoms. The molecule has 0 saturated carbocycles. The van der Waals surface area contributed by atoms with Crippen molar-refractivity contribution in [1.29, 1.82) is 0 Å². The van der Waals surface area contributed by atoms with Gasteiger partial charge >= 0.3 is 5.97 Å². The Kier molecular flexibility index (Phi) is 4.56. The number of carbonyl (C=O) groups is 1. The topological polar surface area (TPSA) is 60.8 Å². The van der Waals surface area contributed by atoms with E-state index in [4.69, 9.17) is 5.11 Å². The van der Waals surface area contributed by atoms with E-state index in [0.717, 1.165) is 26.1 Å². The highest BCUT2D eigenvalue weighted by Gasteiger charge is 2.32. The number of hydrogen-bond donors (Lipinski definition) is 2. The molecule has 1 unspecified atom stereocenters. The van der Waals surface area contributed by atoms with Gasteiger partial charge in [0, 0.05) is 13.1 Å². The molecule has 1 saturated heterocycles. The molecule has 1 aliphatic rings. The van der Waals surface area contributed by atoms with Gasteiger partial charge in [-0.25, -0.2) is 0 Å². The van der Waals surface area contributed by atoms with Crippen LogP contribution in [0, 0.1) is 0 Å². The average Bonchev–Trinajstić information content (AvgIpc) is 2.52. The van der Waals surface area contributed by atoms with Crippen LogP contribution in [0.25, 0.3) is 0 Å². The molecule has 4 heteroatoms. The number of likely N-dealkylation sites (tertiary alicyclic amines) is 1. The summed E-state index contributed by atoms with van der Waals surface area (Å²) in [6.45, 7) is 2.53. The number of carboxylic acid groups (broad SMARTS) is 1. The summed E-state index contributed by atoms with van der Waals surface area (Å²) in [5, 5.41) is 19.1. The van der Waals surface area contributed by atoms with Crippen molar-refractivity contribution in [3.05, 3.63) is 35.9 Å². The zero-order valence-corrected chi connectivity index (χ0v) is 11.1. The van der Waals surface area contributed by atoms with Crippen molar-refractivity contribution in [1.82, 2.24) is 4.90 Å². The Morgan fingerprint density at radius 1 is 1.21 bits per heavy atom. The fraction of sp³-hybridized carbons (Fsp3) is 0.533. The predicted octanol–water partition coefficient (Wildman–Crippen LogP) is 1.88. The summed E-state index contributed by atoms with van der Waals surface area (Å²) < 4.78 is 0. The highest BCUT2D eigenvalue weighted by atomic mass is 16.4. The minimum atomic E-state index is -1.03. The van der Waals surface area contributed by atoms with E-state index in [2.05, 4.69) is 17.0 Å². The van der Waals surface area contributed by atoms with E-state index >= 15 is 0 Å². The fourth-order valence-electron chi connectivity index (χ4n) is 2.69. The second-order valence-corrected chi connectivity index (χ2v) is 5.41. The average molecular weight is 263 g/mol. The summed E-state index contributed by atoms with van der Waals surface area (Å²) in [5.74, 6) is -0.918. The highest BCUT2D eigenvalue weighted by molar-refractivity contribution is 5.68. The maximum Gasteiger partial charge on any atom is 0.306 e. The monoisotopic (exact) mass is 263 g/mol. The van der Waals surface area contributed by atoms with Gasteiger partial charge in [0.25, 0.3) is 0 Å². The second-order valence-electron chi connectivity index (χ2n) is 5.41. The van der Waals surface area contributed by atoms with Gasteiger partial charge in [0.15, 0.2) is 0 Å². The Morgan fingerprint density at radius 2 is 1.95 bits per heavy atom. The summed E-state index contributed by atoms with van der Waals surface area (Å²) in [7, 11) is 0. The van der Waals surface area contributed by atoms with Crippen molar-refractivity contribution in [2.75, 3.05) is 13.1 Å². The summed E-state index contributed by atoms with van der Waals surface area (Å²) in [5.41, 5.74) is 0.225. The van der Waals surface area contributed by atoms with E-state index in [9.17, 15) is 9.90 Å². The molecule has 1 aromatic rings. The smallest absolute Gasteiger partial charge is 0.306 e. The molecule has 2 N–H and O–H groups in total. The molecule has 4 nitrogen and oxygen atoms in total. The van der Waals surface area contributed by atoms with Crippen LogP contribution in [0.4, 0.5) is 0 Å². The third kappa shape index (κ3) is 4.33. The second kappa shape index (κ2) is 6.17. The van der Waals surface area contributed by atoms with Crippen LogP contribution >= 0.6 is 0 Å². The minimum Gasteiger partial charge on any atom is -0.481 e. The van der Waals surface area contributed by atoms with Crippen LogP contribution in [0.1, 0.15) is 31.2 Å². The zero-order chi connectivity index (χ0) is 13.7. The van der Waals surface area contributed by atoms with Crippen molar-refractivity contribution >= 4 is 5.97 Å². The Bertz CT molecular complexity index is 421. The lowest BCUT2D eigenvalue weighted by Crippen LogP contribution is -2.33. The Morgan fingerprint density at radius 3 is 2.63 bits per heavy atom. The quantitative estimate of drug-likeness (QED) is 0.870. The molecule has 1 atom stereocenters. The Labute approximate surface area is 113 Å². The number of rotatable bonds is 4. The first-order valence-corrected chi connectivity index (χ1v) is 6.78. The van der Waals surface area contributed by atoms with E-state index < -0.39 is 11.6 Å². The van der Waals surface area contributed by atoms with Gasteiger partial charge in [-0.3, -0.25) is 9.69 Å². The first kappa shape index (κ1) is 14.0. The van der Waals surface area contributed by atoms with Crippen molar-refractivity contribution in [2.24, 2.45) is 0 Å². The highest BCUT2D eigenvalue weighted by Crippen LogP contribution is 2.26. The molecule has 0 aliphatic carbocycles. The van der Waals surface area contributed by atoms with Gasteiger partial charge in [-0.05, 0) is 31.4 Å². The SMILES string of the molecule is O=C(O)CC1(O)CCCN(Cc2ccccc2)CC1. The standard InChI is InChI=1S/C15H21NO3/c17-14(18)11-15(19)7-4-9-16(10-8-15)12-13-5-2-1-3-6-13/h1-3,5-6,19H,4,7-12H2,(H,17,18). The summed E-state index contributed by atoms with van der Waals surface area (Å²) in [4.78, 5) is 13.1. The van der Waals surface area contributed by atoms with E-state index in [1.165, 1.54) is 5.56 Å². The van der Waals surface area contributed by atoms with E-state index in [0.29, 0.717) is 12.8 Å². The molecule has 104 valence electrons. The number of hydrogen-bond acceptors (Lipinski definition) is 3. The molecule has 1 aromatic carbocycles. The van der Waals surface area contributed by atoms with E-state index in [-0.39, 0.29) is 6.42 Å². The number of benzene rings is 1. The molecule has 0 spiro atoms. The third-order valence-electron chi connectivity index (χ3n) is 3.74. The summed E-state index contributed by atoms with van der Waals surface area (Å²) in [6.07, 6.45) is 1.81. The third-order valence-corrected chi connectivity index (χ3v) is 3.74. The molecule has 0 radical (unpaired) electrons. The van der Waals surface area contributed by atoms with Crippen molar-refractivity contribution < 1.29 is 15.0 Å². The van der Waals surface area contributed by atoms with Crippen LogP contribution in [0.5, 0.6) is 0 Å². The molecule has 1 fully saturated rings. The molecule has 2 rings (SSSR count). The van der Waals surface area contributed by atoms with Crippen LogP contribution in [0.2, 0.25) is 0 Å². The maximum atomic E-state index is 10.8. The number of aliphatic carboxylic acids is 1. The lowest BCUT2D eigenvalue weighted by molar-refractivity contribution is -0.143. The van der Waals surface area contributed by atoms with Crippen LogP contribution in [0.3, 0.4) is 0 Å². The predicted molar refractivity (Wildman–Crippen MR) is 72.8 cm³/mol. The molecule has 19 heavy (non-hydrogen) atoms. The van der Waals surface area contributed by atoms with Gasteiger partial charge in [0.05, 0.1) is 12.0 Å². The first-order chi connectivity index (χ1) is 9.07. The van der Waals surface area contributed by atoms with Gasteiger partial charge in [-0.15, -0.1) is 0 Å². The largest absolute Gasteiger partial charge is 0.481 e. The lowest BCUT2D eigenvalue weighted by Gasteiger charge is -2.25. The van der Waals surface area contributed by atoms with Crippen molar-refractivity contribution in [2.45, 2.75) is 37.8 Å². The number of aliphatic hydroxyl groups is 1. The van der Waals surface area contributed by atoms with Crippen molar-refractivity contribution in [3.63, 3.8) is 0 Å². The van der Waals surface area contributed by atoms with Gasteiger partial charge < -0.3 is 10.2 Å². The molecule has 1 aliphatic heterocycles. The molecular formula is C15H21NO3. The number of carboxylic acids is 1. The Hall–Kier alpha value is -1.39. The van der Waals surface area contributed by atoms with Gasteiger partial charge in [0.1, 0.15) is 0 Å². The minimum absolute atomic E-state index is 0.147. The van der Waals surface area contributed by atoms with Crippen LogP contribution < -0.4 is 0 Å². The molecule has 0 aromatic heterocycles. The summed E-state index contributed by atoms with van der Waals surface area (Å²) in [6, 6.07) is 10.2. The van der Waals surface area contributed by atoms with Gasteiger partial charge in [-0.2, -0.15) is 0 Å². The van der Waals surface area contributed by atoms with E-state index in [1.807, 2.05) is 18.2 Å². The number of nitrogens with zero attached hydrogens (tertiary/aromatic N) is 1. The van der Waals surface area contributed by atoms with Crippen LogP contribution in [0.15, 0.2) is 30.3 Å². The lowest BCUT2D eigenvalue weighted by atomic mass is 9.91. The first-order valence-electron chi connectivity index (χ1n) is 6.78. The fourth-order valence-corrected chi connectivity index (χ4v) is 2.69. The van der Waals surface area contributed by atoms with Gasteiger partial charge in [-0.1, -0.05) is 30.3 Å². The summed E-state index contributed by atoms with van der Waals surface area (Å²) >= 11 is 0. The van der Waals surface area contributed by atoms with Crippen LogP contribution in [-0.2, 0) is 11.3 Å².